The van der Waals surface area contributed by atoms with Crippen LogP contribution in [0.4, 0.5) is 5.95 Å². The van der Waals surface area contributed by atoms with E-state index in [4.69, 9.17) is 15.0 Å². The molecule has 2 rings (SSSR count). The average molecular weight is 605 g/mol. The van der Waals surface area contributed by atoms with Crippen molar-refractivity contribution in [2.24, 2.45) is 16.2 Å². The second-order valence-corrected chi connectivity index (χ2v) is 16.1. The Balaban J connectivity index is 2.22. The molecule has 5 nitrogen and oxygen atoms in total. The summed E-state index contributed by atoms with van der Waals surface area (Å²) >= 11 is 3.50. The lowest BCUT2D eigenvalue weighted by atomic mass is 9.60. The summed E-state index contributed by atoms with van der Waals surface area (Å²) in [6, 6.07) is 0. The molecular weight excluding hydrogens is 545 g/mol. The molecule has 234 valence electrons. The van der Waals surface area contributed by atoms with Crippen molar-refractivity contribution in [3.05, 3.63) is 23.1 Å². The van der Waals surface area contributed by atoms with Gasteiger partial charge in [-0.05, 0) is 35.3 Å². The Morgan fingerprint density at radius 2 is 1.22 bits per heavy atom. The molecule has 0 spiro atoms. The van der Waals surface area contributed by atoms with Crippen LogP contribution in [-0.4, -0.2) is 31.6 Å². The Morgan fingerprint density at radius 1 is 0.756 bits per heavy atom. The number of hydrogen-bond donors (Lipinski definition) is 2. The Labute approximate surface area is 261 Å². The topological polar surface area (TPSA) is 70.9 Å². The van der Waals surface area contributed by atoms with Crippen LogP contribution in [-0.2, 0) is 0 Å². The van der Waals surface area contributed by atoms with Gasteiger partial charge in [0.25, 0.3) is 0 Å². The van der Waals surface area contributed by atoms with Gasteiger partial charge in [0.2, 0.25) is 5.95 Å². The van der Waals surface area contributed by atoms with E-state index in [1.807, 2.05) is 0 Å². The first-order valence-electron chi connectivity index (χ1n) is 16.2. The molecule has 1 heterocycles. The van der Waals surface area contributed by atoms with Gasteiger partial charge in [0.1, 0.15) is 5.76 Å². The molecule has 0 bridgehead atoms. The molecule has 1 unspecified atom stereocenters. The predicted octanol–water partition coefficient (Wildman–Crippen LogP) is 11.4. The fourth-order valence-electron chi connectivity index (χ4n) is 5.09. The van der Waals surface area contributed by atoms with Gasteiger partial charge in [0.05, 0.1) is 0 Å². The predicted molar refractivity (Wildman–Crippen MR) is 181 cm³/mol. The Kier molecular flexibility index (Phi) is 15.1. The number of nitrogens with zero attached hydrogens (tertiary/aromatic N) is 3. The van der Waals surface area contributed by atoms with Crippen molar-refractivity contribution in [2.45, 2.75) is 156 Å². The number of allylic oxidation sites excluding steroid dienone is 4. The maximum atomic E-state index is 11.5. The number of anilines is 1. The summed E-state index contributed by atoms with van der Waals surface area (Å²) in [7, 11) is 0. The molecule has 41 heavy (non-hydrogen) atoms. The van der Waals surface area contributed by atoms with Gasteiger partial charge < -0.3 is 10.4 Å². The molecule has 2 N–H and O–H groups in total. The van der Waals surface area contributed by atoms with Crippen LogP contribution in [0.3, 0.4) is 0 Å². The number of aliphatic hydroxyl groups excluding tert-OH is 1. The van der Waals surface area contributed by atoms with E-state index >= 15 is 0 Å². The average Bonchev–Trinajstić information content (AvgIpc) is 2.88. The number of thioether (sulfide) groups is 2. The zero-order chi connectivity index (χ0) is 30.5. The van der Waals surface area contributed by atoms with E-state index in [9.17, 15) is 5.11 Å². The third-order valence-electron chi connectivity index (χ3n) is 8.43. The van der Waals surface area contributed by atoms with E-state index in [-0.39, 0.29) is 10.8 Å². The van der Waals surface area contributed by atoms with Gasteiger partial charge in [0, 0.05) is 29.0 Å². The quantitative estimate of drug-likeness (QED) is 0.127. The largest absolute Gasteiger partial charge is 0.511 e. The van der Waals surface area contributed by atoms with Crippen LogP contribution in [0, 0.1) is 16.2 Å². The summed E-state index contributed by atoms with van der Waals surface area (Å²) in [5, 5.41) is 16.7. The van der Waals surface area contributed by atoms with Gasteiger partial charge in [0.15, 0.2) is 10.3 Å². The second-order valence-electron chi connectivity index (χ2n) is 14.0. The van der Waals surface area contributed by atoms with E-state index in [2.05, 4.69) is 73.7 Å². The minimum Gasteiger partial charge on any atom is -0.511 e. The number of aliphatic hydroxyl groups is 1. The molecular formula is C34H60N4OS2. The summed E-state index contributed by atoms with van der Waals surface area (Å²) in [4.78, 5) is 14.6. The molecule has 0 fully saturated rings. The van der Waals surface area contributed by atoms with Crippen LogP contribution < -0.4 is 5.32 Å². The van der Waals surface area contributed by atoms with Gasteiger partial charge in [-0.3, -0.25) is 0 Å². The first-order valence-corrected chi connectivity index (χ1v) is 18.2. The first-order chi connectivity index (χ1) is 19.3. The third kappa shape index (κ3) is 11.8. The molecule has 7 heteroatoms. The standard InChI is InChI=1S/C34H60N4OS2/c1-10-12-14-16-18-20-22-40-30-36-29(37-31(38-30)41-23-21-19-17-15-13-11-2)35-26-24-27(32(3,4)5)28(39)34(9,25-26)33(6,7)8/h24,39H,10-23,25H2,1-9H3,(H,35,36,37,38). The molecule has 1 aliphatic rings. The molecule has 1 atom stereocenters. The summed E-state index contributed by atoms with van der Waals surface area (Å²) in [6.07, 6.45) is 18.3. The smallest absolute Gasteiger partial charge is 0.231 e. The van der Waals surface area contributed by atoms with Crippen LogP contribution in [0.15, 0.2) is 33.4 Å². The summed E-state index contributed by atoms with van der Waals surface area (Å²) in [5.41, 5.74) is 1.33. The molecule has 0 amide bonds. The molecule has 0 saturated carbocycles. The Bertz CT molecular complexity index is 957. The fraction of sp³-hybridized carbons (Fsp3) is 0.794. The fourth-order valence-corrected chi connectivity index (χ4v) is 6.81. The minimum absolute atomic E-state index is 0.121. The maximum Gasteiger partial charge on any atom is 0.231 e. The van der Waals surface area contributed by atoms with Gasteiger partial charge in [-0.1, -0.05) is 150 Å². The van der Waals surface area contributed by atoms with E-state index in [0.717, 1.165) is 33.1 Å². The van der Waals surface area contributed by atoms with Crippen LogP contribution in [0.5, 0.6) is 0 Å². The highest BCUT2D eigenvalue weighted by Gasteiger charge is 2.46. The second kappa shape index (κ2) is 17.2. The molecule has 0 aromatic carbocycles. The molecule has 1 aromatic rings. The maximum absolute atomic E-state index is 11.5. The van der Waals surface area contributed by atoms with Crippen molar-refractivity contribution in [2.75, 3.05) is 16.8 Å². The Hall–Kier alpha value is -1.21. The van der Waals surface area contributed by atoms with Crippen LogP contribution >= 0.6 is 23.5 Å². The summed E-state index contributed by atoms with van der Waals surface area (Å²) < 4.78 is 0. The van der Waals surface area contributed by atoms with Crippen molar-refractivity contribution in [1.29, 1.82) is 0 Å². The number of hydrogen-bond acceptors (Lipinski definition) is 7. The normalized spacial score (nSPS) is 18.1. The first kappa shape index (κ1) is 36.0. The lowest BCUT2D eigenvalue weighted by molar-refractivity contribution is 0.0852. The van der Waals surface area contributed by atoms with Gasteiger partial charge in [-0.25, -0.2) is 0 Å². The molecule has 0 saturated heterocycles. The number of nitrogens with one attached hydrogen (secondary N) is 1. The zero-order valence-electron chi connectivity index (χ0n) is 27.8. The van der Waals surface area contributed by atoms with Gasteiger partial charge in [-0.15, -0.1) is 0 Å². The zero-order valence-corrected chi connectivity index (χ0v) is 29.4. The third-order valence-corrected chi connectivity index (χ3v) is 10.3. The number of aromatic nitrogens is 3. The SMILES string of the molecule is CCCCCCCCSc1nc(NC2=CC(C(C)(C)C)=C(O)C(C)(C(C)(C)C)C2)nc(SCCCCCCCC)n1. The highest BCUT2D eigenvalue weighted by atomic mass is 32.2. The highest BCUT2D eigenvalue weighted by Crippen LogP contribution is 2.53. The summed E-state index contributed by atoms with van der Waals surface area (Å²) in [6.45, 7) is 19.8. The molecule has 0 radical (unpaired) electrons. The lowest BCUT2D eigenvalue weighted by Gasteiger charge is -2.46. The van der Waals surface area contributed by atoms with Crippen LogP contribution in [0.2, 0.25) is 0 Å². The van der Waals surface area contributed by atoms with E-state index in [0.29, 0.717) is 18.1 Å². The minimum atomic E-state index is -0.398. The van der Waals surface area contributed by atoms with E-state index < -0.39 is 5.41 Å². The lowest BCUT2D eigenvalue weighted by Crippen LogP contribution is -2.39. The molecule has 1 aromatic heterocycles. The van der Waals surface area contributed by atoms with Crippen molar-refractivity contribution in [3.8, 4) is 0 Å². The van der Waals surface area contributed by atoms with Crippen molar-refractivity contribution in [3.63, 3.8) is 0 Å². The number of rotatable bonds is 18. The van der Waals surface area contributed by atoms with Crippen molar-refractivity contribution < 1.29 is 5.11 Å². The van der Waals surface area contributed by atoms with E-state index in [1.165, 1.54) is 77.0 Å². The number of unbranched alkanes of at least 4 members (excludes halogenated alkanes) is 10. The summed E-state index contributed by atoms with van der Waals surface area (Å²) in [5.74, 6) is 3.19. The monoisotopic (exact) mass is 604 g/mol. The molecule has 1 aliphatic carbocycles. The van der Waals surface area contributed by atoms with Crippen LogP contribution in [0.25, 0.3) is 0 Å². The highest BCUT2D eigenvalue weighted by molar-refractivity contribution is 7.99. The van der Waals surface area contributed by atoms with E-state index in [1.54, 1.807) is 23.5 Å². The molecule has 0 aliphatic heterocycles. The van der Waals surface area contributed by atoms with Crippen LogP contribution in [0.1, 0.15) is 146 Å². The van der Waals surface area contributed by atoms with Gasteiger partial charge >= 0.3 is 0 Å². The van der Waals surface area contributed by atoms with Crippen molar-refractivity contribution >= 4 is 29.5 Å². The van der Waals surface area contributed by atoms with Crippen molar-refractivity contribution in [1.82, 2.24) is 15.0 Å². The Morgan fingerprint density at radius 3 is 1.66 bits per heavy atom. The van der Waals surface area contributed by atoms with Gasteiger partial charge in [-0.2, -0.15) is 15.0 Å².